The van der Waals surface area contributed by atoms with Crippen molar-refractivity contribution in [1.82, 2.24) is 10.6 Å². The van der Waals surface area contributed by atoms with Crippen molar-refractivity contribution in [3.05, 3.63) is 0 Å². The molecule has 1 atom stereocenters. The Morgan fingerprint density at radius 2 is 1.67 bits per heavy atom. The highest BCUT2D eigenvalue weighted by molar-refractivity contribution is 5.67. The highest BCUT2D eigenvalue weighted by Crippen LogP contribution is 2.10. The van der Waals surface area contributed by atoms with Crippen molar-refractivity contribution in [2.45, 2.75) is 79.4 Å². The van der Waals surface area contributed by atoms with Crippen LogP contribution in [0.5, 0.6) is 0 Å². The van der Waals surface area contributed by atoms with Gasteiger partial charge in [-0.15, -0.1) is 0 Å². The summed E-state index contributed by atoms with van der Waals surface area (Å²) < 4.78 is 5.28. The maximum Gasteiger partial charge on any atom is 0.407 e. The molecule has 0 aromatic heterocycles. The van der Waals surface area contributed by atoms with Crippen molar-refractivity contribution in [2.75, 3.05) is 13.1 Å². The average Bonchev–Trinajstić information content (AvgIpc) is 2.34. The van der Waals surface area contributed by atoms with Gasteiger partial charge in [0.2, 0.25) is 0 Å². The fourth-order valence-electron chi connectivity index (χ4n) is 2.24. The summed E-state index contributed by atoms with van der Waals surface area (Å²) in [5, 5.41) is 6.48. The van der Waals surface area contributed by atoms with Gasteiger partial charge in [0.1, 0.15) is 5.60 Å². The molecule has 0 fully saturated rings. The molecule has 0 saturated carbocycles. The SMILES string of the molecule is CCC(CC)CNC(CNC(=O)OC(C)(C)C)CC(C)C. The van der Waals surface area contributed by atoms with Crippen molar-refractivity contribution in [3.63, 3.8) is 0 Å². The number of ether oxygens (including phenoxy) is 1. The summed E-state index contributed by atoms with van der Waals surface area (Å²) in [4.78, 5) is 11.7. The third-order valence-electron chi connectivity index (χ3n) is 3.50. The van der Waals surface area contributed by atoms with Gasteiger partial charge in [0.25, 0.3) is 0 Å². The topological polar surface area (TPSA) is 50.4 Å². The van der Waals surface area contributed by atoms with E-state index in [0.29, 0.717) is 24.4 Å². The summed E-state index contributed by atoms with van der Waals surface area (Å²) >= 11 is 0. The van der Waals surface area contributed by atoms with Crippen LogP contribution < -0.4 is 10.6 Å². The minimum atomic E-state index is -0.444. The predicted molar refractivity (Wildman–Crippen MR) is 89.6 cm³/mol. The van der Waals surface area contributed by atoms with E-state index in [1.165, 1.54) is 12.8 Å². The van der Waals surface area contributed by atoms with E-state index in [1.54, 1.807) is 0 Å². The van der Waals surface area contributed by atoms with Crippen LogP contribution >= 0.6 is 0 Å². The molecule has 1 amide bonds. The Morgan fingerprint density at radius 3 is 2.10 bits per heavy atom. The first-order chi connectivity index (χ1) is 9.67. The standard InChI is InChI=1S/C17H36N2O2/c1-8-14(9-2)11-18-15(10-13(3)4)12-19-16(20)21-17(5,6)7/h13-15,18H,8-12H2,1-7H3,(H,19,20). The van der Waals surface area contributed by atoms with Crippen LogP contribution in [0, 0.1) is 11.8 Å². The molecular formula is C17H36N2O2. The molecule has 1 unspecified atom stereocenters. The summed E-state index contributed by atoms with van der Waals surface area (Å²) in [7, 11) is 0. The Hall–Kier alpha value is -0.770. The second-order valence-electron chi connectivity index (χ2n) is 7.30. The maximum atomic E-state index is 11.7. The fraction of sp³-hybridized carbons (Fsp3) is 0.941. The molecule has 21 heavy (non-hydrogen) atoms. The first-order valence-corrected chi connectivity index (χ1v) is 8.38. The number of carbonyl (C=O) groups is 1. The van der Waals surface area contributed by atoms with E-state index in [-0.39, 0.29) is 6.09 Å². The number of carbonyl (C=O) groups excluding carboxylic acids is 1. The van der Waals surface area contributed by atoms with Crippen LogP contribution in [0.2, 0.25) is 0 Å². The molecule has 0 aliphatic heterocycles. The van der Waals surface area contributed by atoms with Gasteiger partial charge in [0.05, 0.1) is 0 Å². The van der Waals surface area contributed by atoms with Gasteiger partial charge in [-0.1, -0.05) is 40.5 Å². The van der Waals surface area contributed by atoms with Crippen molar-refractivity contribution in [3.8, 4) is 0 Å². The van der Waals surface area contributed by atoms with E-state index in [9.17, 15) is 4.79 Å². The molecular weight excluding hydrogens is 264 g/mol. The molecule has 4 nitrogen and oxygen atoms in total. The molecule has 0 heterocycles. The van der Waals surface area contributed by atoms with E-state index in [0.717, 1.165) is 13.0 Å². The first-order valence-electron chi connectivity index (χ1n) is 8.38. The van der Waals surface area contributed by atoms with Gasteiger partial charge >= 0.3 is 6.09 Å². The van der Waals surface area contributed by atoms with Gasteiger partial charge in [-0.25, -0.2) is 4.79 Å². The van der Waals surface area contributed by atoms with Crippen LogP contribution in [-0.2, 0) is 4.74 Å². The average molecular weight is 300 g/mol. The zero-order valence-electron chi connectivity index (χ0n) is 15.1. The lowest BCUT2D eigenvalue weighted by molar-refractivity contribution is 0.0520. The van der Waals surface area contributed by atoms with E-state index >= 15 is 0 Å². The molecule has 126 valence electrons. The van der Waals surface area contributed by atoms with Crippen LogP contribution in [0.1, 0.15) is 67.7 Å². The number of rotatable bonds is 9. The van der Waals surface area contributed by atoms with Crippen molar-refractivity contribution in [1.29, 1.82) is 0 Å². The van der Waals surface area contributed by atoms with Crippen LogP contribution in [-0.4, -0.2) is 30.8 Å². The zero-order chi connectivity index (χ0) is 16.5. The summed E-state index contributed by atoms with van der Waals surface area (Å²) in [6, 6.07) is 0.304. The summed E-state index contributed by atoms with van der Waals surface area (Å²) in [6.45, 7) is 16.1. The Morgan fingerprint density at radius 1 is 1.10 bits per heavy atom. The van der Waals surface area contributed by atoms with Crippen LogP contribution in [0.25, 0.3) is 0 Å². The fourth-order valence-corrected chi connectivity index (χ4v) is 2.24. The zero-order valence-corrected chi connectivity index (χ0v) is 15.1. The third-order valence-corrected chi connectivity index (χ3v) is 3.50. The normalized spacial score (nSPS) is 13.6. The Balaban J connectivity index is 4.26. The molecule has 0 saturated heterocycles. The molecule has 0 aromatic rings. The molecule has 0 bridgehead atoms. The molecule has 0 aromatic carbocycles. The van der Waals surface area contributed by atoms with E-state index in [4.69, 9.17) is 4.74 Å². The van der Waals surface area contributed by atoms with Crippen molar-refractivity contribution < 1.29 is 9.53 Å². The summed E-state index contributed by atoms with van der Waals surface area (Å²) in [5.74, 6) is 1.31. The number of hydrogen-bond acceptors (Lipinski definition) is 3. The molecule has 2 N–H and O–H groups in total. The first kappa shape index (κ1) is 20.2. The van der Waals surface area contributed by atoms with Crippen molar-refractivity contribution in [2.24, 2.45) is 11.8 Å². The second-order valence-corrected chi connectivity index (χ2v) is 7.30. The van der Waals surface area contributed by atoms with Gasteiger partial charge in [-0.05, 0) is 45.6 Å². The highest BCUT2D eigenvalue weighted by Gasteiger charge is 2.18. The second kappa shape index (κ2) is 10.0. The van der Waals surface area contributed by atoms with Gasteiger partial charge in [-0.2, -0.15) is 0 Å². The smallest absolute Gasteiger partial charge is 0.407 e. The third kappa shape index (κ3) is 11.6. The highest BCUT2D eigenvalue weighted by atomic mass is 16.6. The predicted octanol–water partition coefficient (Wildman–Crippen LogP) is 3.95. The monoisotopic (exact) mass is 300 g/mol. The van der Waals surface area contributed by atoms with Gasteiger partial charge in [-0.3, -0.25) is 0 Å². The quantitative estimate of drug-likeness (QED) is 0.678. The Labute approximate surface area is 131 Å². The number of amides is 1. The van der Waals surface area contributed by atoms with Crippen LogP contribution in [0.3, 0.4) is 0 Å². The number of alkyl carbamates (subject to hydrolysis) is 1. The van der Waals surface area contributed by atoms with Gasteiger partial charge in [0.15, 0.2) is 0 Å². The molecule has 0 spiro atoms. The van der Waals surface area contributed by atoms with Crippen molar-refractivity contribution >= 4 is 6.09 Å². The van der Waals surface area contributed by atoms with Gasteiger partial charge in [0, 0.05) is 12.6 Å². The lowest BCUT2D eigenvalue weighted by atomic mass is 10.0. The number of hydrogen-bond donors (Lipinski definition) is 2. The number of nitrogens with one attached hydrogen (secondary N) is 2. The molecule has 0 aliphatic carbocycles. The minimum Gasteiger partial charge on any atom is -0.444 e. The van der Waals surface area contributed by atoms with E-state index in [2.05, 4.69) is 38.3 Å². The molecule has 4 heteroatoms. The summed E-state index contributed by atoms with van der Waals surface area (Å²) in [5.41, 5.74) is -0.444. The molecule has 0 radical (unpaired) electrons. The Kier molecular flexibility index (Phi) is 9.67. The van der Waals surface area contributed by atoms with E-state index < -0.39 is 5.60 Å². The molecule has 0 aliphatic rings. The lowest BCUT2D eigenvalue weighted by Crippen LogP contribution is -2.44. The van der Waals surface area contributed by atoms with Crippen LogP contribution in [0.4, 0.5) is 4.79 Å². The Bertz CT molecular complexity index is 281. The van der Waals surface area contributed by atoms with E-state index in [1.807, 2.05) is 20.8 Å². The van der Waals surface area contributed by atoms with Gasteiger partial charge < -0.3 is 15.4 Å². The minimum absolute atomic E-state index is 0.304. The summed E-state index contributed by atoms with van der Waals surface area (Å²) in [6.07, 6.45) is 3.10. The largest absolute Gasteiger partial charge is 0.444 e. The molecule has 0 rings (SSSR count). The lowest BCUT2D eigenvalue weighted by Gasteiger charge is -2.25. The maximum absolute atomic E-state index is 11.7. The van der Waals surface area contributed by atoms with Crippen LogP contribution in [0.15, 0.2) is 0 Å².